The number of fused-ring (bicyclic) bond motifs is 1. The summed E-state index contributed by atoms with van der Waals surface area (Å²) in [6.45, 7) is 4.02. The highest BCUT2D eigenvalue weighted by molar-refractivity contribution is 6.36. The molecule has 0 aliphatic rings. The summed E-state index contributed by atoms with van der Waals surface area (Å²) >= 11 is 6.20. The van der Waals surface area contributed by atoms with Gasteiger partial charge in [-0.05, 0) is 25.0 Å². The van der Waals surface area contributed by atoms with Gasteiger partial charge in [0.25, 0.3) is 0 Å². The molecule has 0 aliphatic carbocycles. The van der Waals surface area contributed by atoms with E-state index in [4.69, 9.17) is 11.6 Å². The quantitative estimate of drug-likeness (QED) is 0.929. The van der Waals surface area contributed by atoms with Gasteiger partial charge < -0.3 is 5.32 Å². The molecule has 0 radical (unpaired) electrons. The van der Waals surface area contributed by atoms with Crippen molar-refractivity contribution in [2.75, 3.05) is 5.32 Å². The molecule has 1 amide bonds. The fourth-order valence-electron chi connectivity index (χ4n) is 2.24. The number of carbonyl (C=O) groups excluding carboxylic acids is 1. The SMILES string of the molecule is CCC(CC)C(=O)Nc1nn(C)c2cccc(Cl)c12. The molecule has 0 bridgehead atoms. The molecule has 0 aliphatic heterocycles. The highest BCUT2D eigenvalue weighted by Gasteiger charge is 2.18. The number of halogens is 1. The van der Waals surface area contributed by atoms with Crippen LogP contribution >= 0.6 is 11.6 Å². The molecule has 4 nitrogen and oxygen atoms in total. The summed E-state index contributed by atoms with van der Waals surface area (Å²) in [6.07, 6.45) is 1.64. The third-order valence-corrected chi connectivity index (χ3v) is 3.74. The topological polar surface area (TPSA) is 46.9 Å². The molecule has 2 aromatic rings. The van der Waals surface area contributed by atoms with Gasteiger partial charge in [-0.3, -0.25) is 9.48 Å². The number of aryl methyl sites for hydroxylation is 1. The van der Waals surface area contributed by atoms with E-state index in [1.54, 1.807) is 10.7 Å². The van der Waals surface area contributed by atoms with Crippen molar-refractivity contribution >= 4 is 34.2 Å². The van der Waals surface area contributed by atoms with Crippen molar-refractivity contribution in [3.05, 3.63) is 23.2 Å². The third kappa shape index (κ3) is 2.59. The van der Waals surface area contributed by atoms with Gasteiger partial charge in [0.1, 0.15) is 0 Å². The Morgan fingerprint density at radius 1 is 1.42 bits per heavy atom. The lowest BCUT2D eigenvalue weighted by atomic mass is 10.0. The van der Waals surface area contributed by atoms with Crippen molar-refractivity contribution in [2.45, 2.75) is 26.7 Å². The number of hydrogen-bond acceptors (Lipinski definition) is 2. The number of nitrogens with one attached hydrogen (secondary N) is 1. The minimum atomic E-state index is 0.00456. The summed E-state index contributed by atoms with van der Waals surface area (Å²) in [6, 6.07) is 5.61. The van der Waals surface area contributed by atoms with E-state index in [9.17, 15) is 4.79 Å². The average molecular weight is 280 g/mol. The molecular formula is C14H18ClN3O. The Morgan fingerprint density at radius 3 is 2.74 bits per heavy atom. The molecule has 102 valence electrons. The number of hydrogen-bond donors (Lipinski definition) is 1. The number of anilines is 1. The number of nitrogens with zero attached hydrogens (tertiary/aromatic N) is 2. The molecule has 1 heterocycles. The van der Waals surface area contributed by atoms with Gasteiger partial charge in [0, 0.05) is 13.0 Å². The van der Waals surface area contributed by atoms with Gasteiger partial charge in [-0.2, -0.15) is 5.10 Å². The van der Waals surface area contributed by atoms with Gasteiger partial charge in [0.05, 0.1) is 15.9 Å². The van der Waals surface area contributed by atoms with Gasteiger partial charge >= 0.3 is 0 Å². The molecule has 0 unspecified atom stereocenters. The minimum Gasteiger partial charge on any atom is -0.308 e. The van der Waals surface area contributed by atoms with E-state index in [1.165, 1.54) is 0 Å². The second kappa shape index (κ2) is 5.61. The Labute approximate surface area is 117 Å². The lowest BCUT2D eigenvalue weighted by molar-refractivity contribution is -0.120. The monoisotopic (exact) mass is 279 g/mol. The first-order valence-electron chi connectivity index (χ1n) is 6.50. The molecule has 5 heteroatoms. The Hall–Kier alpha value is -1.55. The van der Waals surface area contributed by atoms with E-state index in [2.05, 4.69) is 10.4 Å². The van der Waals surface area contributed by atoms with E-state index in [0.717, 1.165) is 23.7 Å². The van der Waals surface area contributed by atoms with Crippen LogP contribution in [-0.2, 0) is 11.8 Å². The predicted octanol–water partition coefficient (Wildman–Crippen LogP) is 3.60. The normalized spacial score (nSPS) is 11.2. The van der Waals surface area contributed by atoms with Crippen LogP contribution in [0.25, 0.3) is 10.9 Å². The van der Waals surface area contributed by atoms with Crippen molar-refractivity contribution in [3.63, 3.8) is 0 Å². The standard InChI is InChI=1S/C14H18ClN3O/c1-4-9(5-2)14(19)16-13-12-10(15)7-6-8-11(12)18(3)17-13/h6-9H,4-5H2,1-3H3,(H,16,17,19). The van der Waals surface area contributed by atoms with Crippen LogP contribution in [0.15, 0.2) is 18.2 Å². The number of benzene rings is 1. The van der Waals surface area contributed by atoms with Gasteiger partial charge in [-0.1, -0.05) is 31.5 Å². The number of amides is 1. The van der Waals surface area contributed by atoms with Crippen LogP contribution in [0, 0.1) is 5.92 Å². The highest BCUT2D eigenvalue weighted by atomic mass is 35.5. The first-order valence-corrected chi connectivity index (χ1v) is 6.88. The molecule has 1 N–H and O–H groups in total. The van der Waals surface area contributed by atoms with Crippen LogP contribution in [0.4, 0.5) is 5.82 Å². The summed E-state index contributed by atoms with van der Waals surface area (Å²) in [5.41, 5.74) is 0.910. The van der Waals surface area contributed by atoms with E-state index in [-0.39, 0.29) is 11.8 Å². The lowest BCUT2D eigenvalue weighted by Crippen LogP contribution is -2.22. The van der Waals surface area contributed by atoms with E-state index < -0.39 is 0 Å². The maximum absolute atomic E-state index is 12.1. The van der Waals surface area contributed by atoms with Crippen molar-refractivity contribution in [2.24, 2.45) is 13.0 Å². The molecule has 0 saturated carbocycles. The minimum absolute atomic E-state index is 0.00456. The van der Waals surface area contributed by atoms with Gasteiger partial charge in [-0.25, -0.2) is 0 Å². The second-order valence-electron chi connectivity index (χ2n) is 4.61. The zero-order valence-electron chi connectivity index (χ0n) is 11.4. The van der Waals surface area contributed by atoms with Gasteiger partial charge in [-0.15, -0.1) is 0 Å². The fourth-order valence-corrected chi connectivity index (χ4v) is 2.50. The van der Waals surface area contributed by atoms with Crippen LogP contribution < -0.4 is 5.32 Å². The average Bonchev–Trinajstić information content (AvgIpc) is 2.69. The maximum Gasteiger partial charge on any atom is 0.228 e. The number of carbonyl (C=O) groups is 1. The molecule has 0 fully saturated rings. The Bertz CT molecular complexity index is 602. The molecule has 1 aromatic heterocycles. The number of aromatic nitrogens is 2. The van der Waals surface area contributed by atoms with Crippen LogP contribution in [0.2, 0.25) is 5.02 Å². The van der Waals surface area contributed by atoms with Crippen LogP contribution in [0.1, 0.15) is 26.7 Å². The second-order valence-corrected chi connectivity index (χ2v) is 5.02. The molecule has 0 saturated heterocycles. The van der Waals surface area contributed by atoms with Gasteiger partial charge in [0.15, 0.2) is 5.82 Å². The van der Waals surface area contributed by atoms with Crippen LogP contribution in [-0.4, -0.2) is 15.7 Å². The maximum atomic E-state index is 12.1. The molecular weight excluding hydrogens is 262 g/mol. The van der Waals surface area contributed by atoms with Gasteiger partial charge in [0.2, 0.25) is 5.91 Å². The summed E-state index contributed by atoms with van der Waals surface area (Å²) in [5, 5.41) is 8.63. The molecule has 0 atom stereocenters. The molecule has 19 heavy (non-hydrogen) atoms. The zero-order chi connectivity index (χ0) is 14.0. The molecule has 1 aromatic carbocycles. The van der Waals surface area contributed by atoms with Crippen molar-refractivity contribution < 1.29 is 4.79 Å². The Balaban J connectivity index is 2.39. The smallest absolute Gasteiger partial charge is 0.228 e. The van der Waals surface area contributed by atoms with Crippen LogP contribution in [0.3, 0.4) is 0 Å². The fraction of sp³-hybridized carbons (Fsp3) is 0.429. The van der Waals surface area contributed by atoms with Crippen molar-refractivity contribution in [1.29, 1.82) is 0 Å². The summed E-state index contributed by atoms with van der Waals surface area (Å²) in [7, 11) is 1.84. The Kier molecular flexibility index (Phi) is 4.10. The largest absolute Gasteiger partial charge is 0.308 e. The summed E-state index contributed by atoms with van der Waals surface area (Å²) in [5.74, 6) is 0.560. The van der Waals surface area contributed by atoms with Crippen LogP contribution in [0.5, 0.6) is 0 Å². The molecule has 2 rings (SSSR count). The number of rotatable bonds is 4. The highest BCUT2D eigenvalue weighted by Crippen LogP contribution is 2.30. The first kappa shape index (κ1) is 13.9. The van der Waals surface area contributed by atoms with Crippen molar-refractivity contribution in [1.82, 2.24) is 9.78 Å². The summed E-state index contributed by atoms with van der Waals surface area (Å²) in [4.78, 5) is 12.1. The zero-order valence-corrected chi connectivity index (χ0v) is 12.2. The lowest BCUT2D eigenvalue weighted by Gasteiger charge is -2.11. The predicted molar refractivity (Wildman–Crippen MR) is 78.4 cm³/mol. The molecule has 0 spiro atoms. The Morgan fingerprint density at radius 2 is 2.11 bits per heavy atom. The van der Waals surface area contributed by atoms with E-state index in [0.29, 0.717) is 10.8 Å². The first-order chi connectivity index (χ1) is 9.08. The summed E-state index contributed by atoms with van der Waals surface area (Å²) < 4.78 is 1.73. The third-order valence-electron chi connectivity index (χ3n) is 3.43. The van der Waals surface area contributed by atoms with E-state index >= 15 is 0 Å². The van der Waals surface area contributed by atoms with Crippen molar-refractivity contribution in [3.8, 4) is 0 Å². The van der Waals surface area contributed by atoms with E-state index in [1.807, 2.05) is 33.0 Å².